The Morgan fingerprint density at radius 2 is 1.00 bits per heavy atom. The van der Waals surface area contributed by atoms with Gasteiger partial charge in [-0.3, -0.25) is 0 Å². The average molecular weight is 586 g/mol. The number of para-hydroxylation sites is 3. The molecule has 0 saturated heterocycles. The lowest BCUT2D eigenvalue weighted by atomic mass is 9.87. The lowest BCUT2D eigenvalue weighted by molar-refractivity contribution is 0.670. The SMILES string of the molecule is c1ccc(-n2c3ccccc3c3ccc(-c4c5ccccc5c(-c5ccc6ccccc6c5)c5c4oc4ccccc45)cc32)cc1. The summed E-state index contributed by atoms with van der Waals surface area (Å²) in [5.74, 6) is 0. The van der Waals surface area contributed by atoms with Crippen molar-refractivity contribution >= 4 is 65.3 Å². The Morgan fingerprint density at radius 3 is 1.85 bits per heavy atom. The van der Waals surface area contributed by atoms with Crippen LogP contribution < -0.4 is 0 Å². The van der Waals surface area contributed by atoms with Crippen LogP contribution in [-0.2, 0) is 0 Å². The Morgan fingerprint density at radius 1 is 0.391 bits per heavy atom. The Labute approximate surface area is 265 Å². The van der Waals surface area contributed by atoms with Crippen LogP contribution in [0.1, 0.15) is 0 Å². The van der Waals surface area contributed by atoms with Crippen molar-refractivity contribution < 1.29 is 4.42 Å². The minimum absolute atomic E-state index is 0.899. The highest BCUT2D eigenvalue weighted by Crippen LogP contribution is 2.48. The summed E-state index contributed by atoms with van der Waals surface area (Å²) in [6.07, 6.45) is 0. The first-order chi connectivity index (χ1) is 22.8. The van der Waals surface area contributed by atoms with Gasteiger partial charge in [-0.1, -0.05) is 127 Å². The molecule has 0 radical (unpaired) electrons. The van der Waals surface area contributed by atoms with Crippen molar-refractivity contribution in [2.45, 2.75) is 0 Å². The maximum absolute atomic E-state index is 6.87. The molecule has 0 fully saturated rings. The first kappa shape index (κ1) is 25.2. The number of rotatable bonds is 3. The fourth-order valence-electron chi connectivity index (χ4n) is 7.56. The standard InChI is InChI=1S/C44H27NO/c1-2-14-32(15-3-1)45-38-20-10-8-16-33(38)34-25-24-31(27-39(34)45)42-36-18-7-6-17-35(36)41(30-23-22-28-12-4-5-13-29(28)26-30)43-37-19-9-11-21-40(37)46-44(42)43/h1-27H. The molecule has 0 spiro atoms. The summed E-state index contributed by atoms with van der Waals surface area (Å²) in [6.45, 7) is 0. The zero-order valence-electron chi connectivity index (χ0n) is 24.9. The zero-order chi connectivity index (χ0) is 30.2. The number of hydrogen-bond donors (Lipinski definition) is 0. The molecule has 2 aromatic heterocycles. The smallest absolute Gasteiger partial charge is 0.144 e. The van der Waals surface area contributed by atoms with Crippen LogP contribution in [-0.4, -0.2) is 4.57 Å². The third-order valence-electron chi connectivity index (χ3n) is 9.55. The highest BCUT2D eigenvalue weighted by atomic mass is 16.3. The number of aromatic nitrogens is 1. The van der Waals surface area contributed by atoms with Gasteiger partial charge < -0.3 is 8.98 Å². The van der Waals surface area contributed by atoms with E-state index in [1.807, 2.05) is 0 Å². The summed E-state index contributed by atoms with van der Waals surface area (Å²) in [7, 11) is 0. The Balaban J connectivity index is 1.35. The van der Waals surface area contributed by atoms with Crippen molar-refractivity contribution in [2.24, 2.45) is 0 Å². The molecule has 0 amide bonds. The Hall–Kier alpha value is -6.12. The quantitative estimate of drug-likeness (QED) is 0.202. The fraction of sp³-hybridized carbons (Fsp3) is 0. The summed E-state index contributed by atoms with van der Waals surface area (Å²) in [4.78, 5) is 0. The van der Waals surface area contributed by atoms with Crippen LogP contribution >= 0.6 is 0 Å². The van der Waals surface area contributed by atoms with Crippen molar-refractivity contribution in [3.63, 3.8) is 0 Å². The van der Waals surface area contributed by atoms with Crippen molar-refractivity contribution in [3.8, 4) is 27.9 Å². The van der Waals surface area contributed by atoms with Gasteiger partial charge in [0.15, 0.2) is 0 Å². The van der Waals surface area contributed by atoms with Gasteiger partial charge in [0.1, 0.15) is 11.2 Å². The van der Waals surface area contributed by atoms with Crippen molar-refractivity contribution in [3.05, 3.63) is 164 Å². The molecule has 0 saturated carbocycles. The molecule has 2 heteroatoms. The second-order valence-electron chi connectivity index (χ2n) is 12.1. The van der Waals surface area contributed by atoms with Gasteiger partial charge in [-0.15, -0.1) is 0 Å². The summed E-state index contributed by atoms with van der Waals surface area (Å²) >= 11 is 0. The number of benzene rings is 8. The molecule has 214 valence electrons. The topological polar surface area (TPSA) is 18.1 Å². The predicted octanol–water partition coefficient (Wildman–Crippen LogP) is 12.3. The molecular formula is C44H27NO. The van der Waals surface area contributed by atoms with E-state index in [4.69, 9.17) is 4.42 Å². The number of fused-ring (bicyclic) bond motifs is 8. The molecule has 2 nitrogen and oxygen atoms in total. The normalized spacial score (nSPS) is 11.9. The van der Waals surface area contributed by atoms with Crippen molar-refractivity contribution in [1.82, 2.24) is 4.57 Å². The van der Waals surface area contributed by atoms with E-state index in [1.165, 1.54) is 54.5 Å². The van der Waals surface area contributed by atoms with Gasteiger partial charge in [-0.05, 0) is 69.1 Å². The van der Waals surface area contributed by atoms with Crippen LogP contribution in [0.2, 0.25) is 0 Å². The Kier molecular flexibility index (Phi) is 5.31. The third kappa shape index (κ3) is 3.59. The van der Waals surface area contributed by atoms with Crippen LogP contribution in [0.25, 0.3) is 93.2 Å². The summed E-state index contributed by atoms with van der Waals surface area (Å²) in [6, 6.07) is 58.9. The second-order valence-corrected chi connectivity index (χ2v) is 12.1. The minimum atomic E-state index is 0.899. The average Bonchev–Trinajstić information content (AvgIpc) is 3.66. The predicted molar refractivity (Wildman–Crippen MR) is 194 cm³/mol. The van der Waals surface area contributed by atoms with Crippen LogP contribution in [0.4, 0.5) is 0 Å². The van der Waals surface area contributed by atoms with Gasteiger partial charge in [0, 0.05) is 38.4 Å². The molecule has 10 rings (SSSR count). The van der Waals surface area contributed by atoms with Crippen LogP contribution in [0.15, 0.2) is 168 Å². The van der Waals surface area contributed by atoms with Crippen molar-refractivity contribution in [1.29, 1.82) is 0 Å². The fourth-order valence-corrected chi connectivity index (χ4v) is 7.56. The molecule has 0 bridgehead atoms. The lowest BCUT2D eigenvalue weighted by Crippen LogP contribution is -1.94. The molecule has 0 unspecified atom stereocenters. The molecule has 8 aromatic carbocycles. The number of hydrogen-bond acceptors (Lipinski definition) is 1. The molecular weight excluding hydrogens is 558 g/mol. The van der Waals surface area contributed by atoms with Crippen LogP contribution in [0.3, 0.4) is 0 Å². The highest BCUT2D eigenvalue weighted by molar-refractivity contribution is 6.27. The van der Waals surface area contributed by atoms with E-state index in [1.54, 1.807) is 0 Å². The molecule has 0 atom stereocenters. The van der Waals surface area contributed by atoms with E-state index in [9.17, 15) is 0 Å². The van der Waals surface area contributed by atoms with E-state index in [-0.39, 0.29) is 0 Å². The van der Waals surface area contributed by atoms with Crippen LogP contribution in [0.5, 0.6) is 0 Å². The molecule has 0 aliphatic rings. The maximum Gasteiger partial charge on any atom is 0.144 e. The second kappa shape index (κ2) is 9.69. The highest BCUT2D eigenvalue weighted by Gasteiger charge is 2.23. The van der Waals surface area contributed by atoms with Gasteiger partial charge >= 0.3 is 0 Å². The van der Waals surface area contributed by atoms with E-state index in [2.05, 4.69) is 168 Å². The van der Waals surface area contributed by atoms with E-state index in [0.717, 1.165) is 38.8 Å². The van der Waals surface area contributed by atoms with Gasteiger partial charge in [0.25, 0.3) is 0 Å². The summed E-state index contributed by atoms with van der Waals surface area (Å²) in [5.41, 5.74) is 10.0. The zero-order valence-corrected chi connectivity index (χ0v) is 24.9. The van der Waals surface area contributed by atoms with Crippen molar-refractivity contribution in [2.75, 3.05) is 0 Å². The van der Waals surface area contributed by atoms with E-state index < -0.39 is 0 Å². The van der Waals surface area contributed by atoms with Gasteiger partial charge in [-0.2, -0.15) is 0 Å². The summed E-state index contributed by atoms with van der Waals surface area (Å²) in [5, 5.41) is 9.64. The maximum atomic E-state index is 6.87. The largest absolute Gasteiger partial charge is 0.455 e. The van der Waals surface area contributed by atoms with E-state index in [0.29, 0.717) is 0 Å². The van der Waals surface area contributed by atoms with Gasteiger partial charge in [0.2, 0.25) is 0 Å². The number of nitrogens with zero attached hydrogens (tertiary/aromatic N) is 1. The molecule has 2 heterocycles. The monoisotopic (exact) mass is 585 g/mol. The summed E-state index contributed by atoms with van der Waals surface area (Å²) < 4.78 is 9.26. The Bertz CT molecular complexity index is 2800. The molecule has 0 N–H and O–H groups in total. The third-order valence-corrected chi connectivity index (χ3v) is 9.55. The minimum Gasteiger partial charge on any atom is -0.455 e. The van der Waals surface area contributed by atoms with Crippen LogP contribution in [0, 0.1) is 0 Å². The molecule has 0 aliphatic carbocycles. The van der Waals surface area contributed by atoms with Gasteiger partial charge in [-0.25, -0.2) is 0 Å². The number of furan rings is 1. The molecule has 46 heavy (non-hydrogen) atoms. The lowest BCUT2D eigenvalue weighted by Gasteiger charge is -2.16. The van der Waals surface area contributed by atoms with E-state index >= 15 is 0 Å². The molecule has 10 aromatic rings. The first-order valence-corrected chi connectivity index (χ1v) is 15.8. The van der Waals surface area contributed by atoms with Gasteiger partial charge in [0.05, 0.1) is 11.0 Å². The first-order valence-electron chi connectivity index (χ1n) is 15.8. The molecule has 0 aliphatic heterocycles.